The van der Waals surface area contributed by atoms with E-state index in [1.807, 2.05) is 25.1 Å². The zero-order valence-electron chi connectivity index (χ0n) is 11.5. The average molecular weight is 330 g/mol. The Labute approximate surface area is 122 Å². The minimum absolute atomic E-state index is 0.228. The molecule has 0 bridgehead atoms. The van der Waals surface area contributed by atoms with Crippen molar-refractivity contribution in [2.45, 2.75) is 32.9 Å². The van der Waals surface area contributed by atoms with Crippen LogP contribution in [0.4, 0.5) is 5.69 Å². The molecule has 106 valence electrons. The first-order valence-electron chi connectivity index (χ1n) is 6.33. The highest BCUT2D eigenvalue weighted by atomic mass is 79.9. The van der Waals surface area contributed by atoms with Gasteiger partial charge in [0.15, 0.2) is 0 Å². The molecule has 5 heteroatoms. The molecular formula is C14H20BrNO3. The highest BCUT2D eigenvalue weighted by molar-refractivity contribution is 9.10. The number of benzene rings is 1. The lowest BCUT2D eigenvalue weighted by atomic mass is 10.1. The number of carbonyl (C=O) groups excluding carboxylic acids is 1. The Morgan fingerprint density at radius 3 is 2.74 bits per heavy atom. The highest BCUT2D eigenvalue weighted by Gasteiger charge is 2.19. The van der Waals surface area contributed by atoms with E-state index in [0.717, 1.165) is 15.7 Å². The van der Waals surface area contributed by atoms with Crippen LogP contribution in [0.2, 0.25) is 0 Å². The Kier molecular flexibility index (Phi) is 6.87. The van der Waals surface area contributed by atoms with Crippen LogP contribution in [0.3, 0.4) is 0 Å². The molecule has 0 fully saturated rings. The summed E-state index contributed by atoms with van der Waals surface area (Å²) in [5.41, 5.74) is 1.88. The quantitative estimate of drug-likeness (QED) is 0.779. The van der Waals surface area contributed by atoms with Gasteiger partial charge in [0.05, 0.1) is 13.2 Å². The van der Waals surface area contributed by atoms with Crippen molar-refractivity contribution < 1.29 is 14.3 Å². The van der Waals surface area contributed by atoms with Gasteiger partial charge in [-0.1, -0.05) is 28.9 Å². The number of carbonyl (C=O) groups is 1. The molecule has 1 aromatic carbocycles. The first kappa shape index (κ1) is 16.0. The van der Waals surface area contributed by atoms with Crippen LogP contribution >= 0.6 is 15.9 Å². The van der Waals surface area contributed by atoms with E-state index < -0.39 is 0 Å². The lowest BCUT2D eigenvalue weighted by Crippen LogP contribution is -2.31. The van der Waals surface area contributed by atoms with Gasteiger partial charge in [0.25, 0.3) is 0 Å². The van der Waals surface area contributed by atoms with Crippen LogP contribution in [0.15, 0.2) is 22.7 Å². The van der Waals surface area contributed by atoms with Gasteiger partial charge in [-0.2, -0.15) is 0 Å². The normalized spacial score (nSPS) is 12.0. The SMILES string of the molecule is CCOC(=O)C(CC)Nc1cccc(Br)c1COC. The Hall–Kier alpha value is -1.07. The lowest BCUT2D eigenvalue weighted by Gasteiger charge is -2.19. The third kappa shape index (κ3) is 4.51. The summed E-state index contributed by atoms with van der Waals surface area (Å²) >= 11 is 3.49. The van der Waals surface area contributed by atoms with Crippen LogP contribution in [0.25, 0.3) is 0 Å². The Bertz CT molecular complexity index is 423. The van der Waals surface area contributed by atoms with E-state index in [4.69, 9.17) is 9.47 Å². The van der Waals surface area contributed by atoms with Gasteiger partial charge < -0.3 is 14.8 Å². The molecule has 0 spiro atoms. The third-order valence-corrected chi connectivity index (χ3v) is 3.46. The van der Waals surface area contributed by atoms with Crippen LogP contribution < -0.4 is 5.32 Å². The van der Waals surface area contributed by atoms with E-state index in [2.05, 4.69) is 21.2 Å². The lowest BCUT2D eigenvalue weighted by molar-refractivity contribution is -0.144. The minimum atomic E-state index is -0.343. The summed E-state index contributed by atoms with van der Waals surface area (Å²) in [6.07, 6.45) is 0.664. The van der Waals surface area contributed by atoms with Gasteiger partial charge in [0.1, 0.15) is 6.04 Å². The van der Waals surface area contributed by atoms with Gasteiger partial charge in [0.2, 0.25) is 0 Å². The molecule has 1 unspecified atom stereocenters. The molecule has 0 saturated heterocycles. The zero-order chi connectivity index (χ0) is 14.3. The molecule has 0 aromatic heterocycles. The molecule has 0 amide bonds. The predicted octanol–water partition coefficient (Wildman–Crippen LogP) is 3.35. The van der Waals surface area contributed by atoms with Gasteiger partial charge in [-0.15, -0.1) is 0 Å². The summed E-state index contributed by atoms with van der Waals surface area (Å²) in [6.45, 7) is 4.62. The molecular weight excluding hydrogens is 310 g/mol. The molecule has 0 aliphatic rings. The van der Waals surface area contributed by atoms with Gasteiger partial charge in [-0.25, -0.2) is 4.79 Å². The molecule has 4 nitrogen and oxygen atoms in total. The number of ether oxygens (including phenoxy) is 2. The molecule has 1 aromatic rings. The molecule has 19 heavy (non-hydrogen) atoms. The van der Waals surface area contributed by atoms with Crippen molar-refractivity contribution in [2.24, 2.45) is 0 Å². The van der Waals surface area contributed by atoms with Crippen LogP contribution in [0, 0.1) is 0 Å². The summed E-state index contributed by atoms with van der Waals surface area (Å²) in [6, 6.07) is 5.46. The largest absolute Gasteiger partial charge is 0.464 e. The van der Waals surface area contributed by atoms with Crippen molar-refractivity contribution in [3.05, 3.63) is 28.2 Å². The van der Waals surface area contributed by atoms with Crippen molar-refractivity contribution in [2.75, 3.05) is 19.0 Å². The maximum absolute atomic E-state index is 11.8. The minimum Gasteiger partial charge on any atom is -0.464 e. The van der Waals surface area contributed by atoms with Crippen molar-refractivity contribution >= 4 is 27.6 Å². The molecule has 1 atom stereocenters. The van der Waals surface area contributed by atoms with Gasteiger partial charge in [0, 0.05) is 22.8 Å². The van der Waals surface area contributed by atoms with E-state index >= 15 is 0 Å². The van der Waals surface area contributed by atoms with E-state index in [1.54, 1.807) is 14.0 Å². The molecule has 0 heterocycles. The number of esters is 1. The van der Waals surface area contributed by atoms with Crippen LogP contribution in [0.1, 0.15) is 25.8 Å². The topological polar surface area (TPSA) is 47.6 Å². The van der Waals surface area contributed by atoms with Gasteiger partial charge in [-0.05, 0) is 25.5 Å². The number of halogens is 1. The summed E-state index contributed by atoms with van der Waals surface area (Å²) in [7, 11) is 1.64. The maximum Gasteiger partial charge on any atom is 0.328 e. The van der Waals surface area contributed by atoms with E-state index in [-0.39, 0.29) is 12.0 Å². The zero-order valence-corrected chi connectivity index (χ0v) is 13.1. The molecule has 1 N–H and O–H groups in total. The smallest absolute Gasteiger partial charge is 0.328 e. The van der Waals surface area contributed by atoms with Crippen LogP contribution in [-0.2, 0) is 20.9 Å². The number of hydrogen-bond donors (Lipinski definition) is 1. The van der Waals surface area contributed by atoms with E-state index in [1.165, 1.54) is 0 Å². The average Bonchev–Trinajstić information content (AvgIpc) is 2.39. The Morgan fingerprint density at radius 2 is 2.16 bits per heavy atom. The standard InChI is InChI=1S/C14H20BrNO3/c1-4-12(14(17)19-5-2)16-13-8-6-7-11(15)10(13)9-18-3/h6-8,12,16H,4-5,9H2,1-3H3. The van der Waals surface area contributed by atoms with Crippen molar-refractivity contribution in [3.63, 3.8) is 0 Å². The van der Waals surface area contributed by atoms with Crippen LogP contribution in [0.5, 0.6) is 0 Å². The maximum atomic E-state index is 11.8. The molecule has 1 rings (SSSR count). The second-order valence-corrected chi connectivity index (χ2v) is 4.91. The fourth-order valence-corrected chi connectivity index (χ4v) is 2.22. The highest BCUT2D eigenvalue weighted by Crippen LogP contribution is 2.26. The van der Waals surface area contributed by atoms with Crippen molar-refractivity contribution in [1.29, 1.82) is 0 Å². The van der Waals surface area contributed by atoms with Crippen LogP contribution in [-0.4, -0.2) is 25.7 Å². The monoisotopic (exact) mass is 329 g/mol. The Morgan fingerprint density at radius 1 is 1.42 bits per heavy atom. The molecule has 0 saturated carbocycles. The van der Waals surface area contributed by atoms with E-state index in [0.29, 0.717) is 19.6 Å². The third-order valence-electron chi connectivity index (χ3n) is 2.72. The predicted molar refractivity (Wildman–Crippen MR) is 79.2 cm³/mol. The van der Waals surface area contributed by atoms with Crippen molar-refractivity contribution in [1.82, 2.24) is 0 Å². The van der Waals surface area contributed by atoms with E-state index in [9.17, 15) is 4.79 Å². The number of rotatable bonds is 7. The van der Waals surface area contributed by atoms with Crippen molar-refractivity contribution in [3.8, 4) is 0 Å². The number of methoxy groups -OCH3 is 1. The molecule has 0 radical (unpaired) electrons. The van der Waals surface area contributed by atoms with Gasteiger partial charge in [-0.3, -0.25) is 0 Å². The number of nitrogens with one attached hydrogen (secondary N) is 1. The summed E-state index contributed by atoms with van der Waals surface area (Å²) in [4.78, 5) is 11.8. The summed E-state index contributed by atoms with van der Waals surface area (Å²) < 4.78 is 11.2. The first-order valence-corrected chi connectivity index (χ1v) is 7.12. The Balaban J connectivity index is 2.90. The summed E-state index contributed by atoms with van der Waals surface area (Å²) in [5, 5.41) is 3.22. The van der Waals surface area contributed by atoms with Gasteiger partial charge >= 0.3 is 5.97 Å². The second-order valence-electron chi connectivity index (χ2n) is 4.06. The fourth-order valence-electron chi connectivity index (χ4n) is 1.74. The number of anilines is 1. The fraction of sp³-hybridized carbons (Fsp3) is 0.500. The second kappa shape index (κ2) is 8.17. The summed E-state index contributed by atoms with van der Waals surface area (Å²) in [5.74, 6) is -0.228. The number of hydrogen-bond acceptors (Lipinski definition) is 4. The first-order chi connectivity index (χ1) is 9.13. The molecule has 0 aliphatic heterocycles. The molecule has 0 aliphatic carbocycles.